The van der Waals surface area contributed by atoms with E-state index in [0.717, 1.165) is 0 Å². The third-order valence-electron chi connectivity index (χ3n) is 3.45. The summed E-state index contributed by atoms with van der Waals surface area (Å²) in [6, 6.07) is 5.52. The van der Waals surface area contributed by atoms with Gasteiger partial charge in [0.1, 0.15) is 18.1 Å². The summed E-state index contributed by atoms with van der Waals surface area (Å²) >= 11 is 0. The first kappa shape index (κ1) is 12.5. The third-order valence-corrected chi connectivity index (χ3v) is 3.45. The van der Waals surface area contributed by atoms with Crippen LogP contribution in [0, 0.1) is 5.82 Å². The number of aliphatic hydroxyl groups is 2. The van der Waals surface area contributed by atoms with Gasteiger partial charge >= 0.3 is 0 Å². The topological polar surface area (TPSA) is 40.5 Å². The van der Waals surface area contributed by atoms with Gasteiger partial charge in [-0.2, -0.15) is 0 Å². The number of hydrogen-bond acceptors (Lipinski definition) is 2. The second kappa shape index (κ2) is 4.70. The lowest BCUT2D eigenvalue weighted by atomic mass is 9.78. The maximum atomic E-state index is 13.0. The highest BCUT2D eigenvalue weighted by Crippen LogP contribution is 2.39. The van der Waals surface area contributed by atoms with Crippen molar-refractivity contribution in [1.29, 1.82) is 0 Å². The second-order valence-electron chi connectivity index (χ2n) is 4.74. The van der Waals surface area contributed by atoms with Crippen LogP contribution in [0.1, 0.15) is 37.4 Å². The molecule has 1 aromatic rings. The van der Waals surface area contributed by atoms with Crippen LogP contribution in [0.3, 0.4) is 0 Å². The quantitative estimate of drug-likeness (QED) is 0.836. The molecule has 1 aliphatic carbocycles. The molecule has 1 saturated carbocycles. The SMILES string of the molecule is OC(c1cccc(F)c1)C1(O)CCC(F)CC1. The van der Waals surface area contributed by atoms with E-state index in [4.69, 9.17) is 0 Å². The zero-order chi connectivity index (χ0) is 12.5. The van der Waals surface area contributed by atoms with Crippen LogP contribution in [-0.4, -0.2) is 22.0 Å². The lowest BCUT2D eigenvalue weighted by Crippen LogP contribution is -2.40. The fraction of sp³-hybridized carbons (Fsp3) is 0.538. The number of benzene rings is 1. The molecule has 2 N–H and O–H groups in total. The Morgan fingerprint density at radius 1 is 1.29 bits per heavy atom. The molecule has 0 amide bonds. The van der Waals surface area contributed by atoms with Crippen LogP contribution >= 0.6 is 0 Å². The van der Waals surface area contributed by atoms with Crippen molar-refractivity contribution in [3.8, 4) is 0 Å². The van der Waals surface area contributed by atoms with E-state index in [9.17, 15) is 19.0 Å². The van der Waals surface area contributed by atoms with E-state index in [1.54, 1.807) is 6.07 Å². The number of aliphatic hydroxyl groups excluding tert-OH is 1. The van der Waals surface area contributed by atoms with Crippen LogP contribution < -0.4 is 0 Å². The number of hydrogen-bond donors (Lipinski definition) is 2. The van der Waals surface area contributed by atoms with Crippen molar-refractivity contribution >= 4 is 0 Å². The summed E-state index contributed by atoms with van der Waals surface area (Å²) in [4.78, 5) is 0. The molecule has 1 aliphatic rings. The maximum Gasteiger partial charge on any atom is 0.123 e. The Morgan fingerprint density at radius 3 is 2.53 bits per heavy atom. The molecule has 1 unspecified atom stereocenters. The zero-order valence-corrected chi connectivity index (χ0v) is 9.44. The molecular formula is C13H16F2O2. The molecule has 1 aromatic carbocycles. The molecule has 0 spiro atoms. The minimum atomic E-state index is -1.34. The summed E-state index contributed by atoms with van der Waals surface area (Å²) in [5, 5.41) is 20.3. The Bertz CT molecular complexity index is 387. The van der Waals surface area contributed by atoms with E-state index >= 15 is 0 Å². The fourth-order valence-corrected chi connectivity index (χ4v) is 2.34. The smallest absolute Gasteiger partial charge is 0.123 e. The molecule has 4 heteroatoms. The summed E-state index contributed by atoms with van der Waals surface area (Å²) in [5.74, 6) is -0.454. The van der Waals surface area contributed by atoms with Crippen molar-refractivity contribution in [1.82, 2.24) is 0 Å². The van der Waals surface area contributed by atoms with E-state index in [1.807, 2.05) is 0 Å². The summed E-state index contributed by atoms with van der Waals surface area (Å²) in [7, 11) is 0. The van der Waals surface area contributed by atoms with Crippen molar-refractivity contribution in [3.63, 3.8) is 0 Å². The van der Waals surface area contributed by atoms with E-state index in [-0.39, 0.29) is 25.7 Å². The van der Waals surface area contributed by atoms with Crippen LogP contribution in [-0.2, 0) is 0 Å². The fourth-order valence-electron chi connectivity index (χ4n) is 2.34. The van der Waals surface area contributed by atoms with Gasteiger partial charge in [-0.05, 0) is 43.4 Å². The minimum absolute atomic E-state index is 0.200. The molecule has 1 atom stereocenters. The van der Waals surface area contributed by atoms with Gasteiger partial charge in [-0.1, -0.05) is 12.1 Å². The summed E-state index contributed by atoms with van der Waals surface area (Å²) < 4.78 is 26.0. The van der Waals surface area contributed by atoms with Crippen molar-refractivity contribution in [2.24, 2.45) is 0 Å². The van der Waals surface area contributed by atoms with E-state index in [2.05, 4.69) is 0 Å². The summed E-state index contributed by atoms with van der Waals surface area (Å²) in [6.07, 6.45) is -1.19. The van der Waals surface area contributed by atoms with Crippen LogP contribution in [0.4, 0.5) is 8.78 Å². The molecule has 0 saturated heterocycles. The van der Waals surface area contributed by atoms with Crippen LogP contribution in [0.25, 0.3) is 0 Å². The molecule has 0 aliphatic heterocycles. The van der Waals surface area contributed by atoms with Crippen LogP contribution in [0.2, 0.25) is 0 Å². The van der Waals surface area contributed by atoms with Gasteiger partial charge in [0.05, 0.1) is 5.60 Å². The van der Waals surface area contributed by atoms with Crippen LogP contribution in [0.15, 0.2) is 24.3 Å². The molecule has 94 valence electrons. The first-order valence-electron chi connectivity index (χ1n) is 5.81. The predicted molar refractivity (Wildman–Crippen MR) is 59.7 cm³/mol. The van der Waals surface area contributed by atoms with Crippen LogP contribution in [0.5, 0.6) is 0 Å². The maximum absolute atomic E-state index is 13.0. The van der Waals surface area contributed by atoms with Gasteiger partial charge in [0.15, 0.2) is 0 Å². The Labute approximate surface area is 98.9 Å². The highest BCUT2D eigenvalue weighted by atomic mass is 19.1. The molecule has 17 heavy (non-hydrogen) atoms. The van der Waals surface area contributed by atoms with Gasteiger partial charge in [0, 0.05) is 0 Å². The molecule has 2 nitrogen and oxygen atoms in total. The number of alkyl halides is 1. The normalized spacial score (nSPS) is 31.2. The molecule has 0 bridgehead atoms. The highest BCUT2D eigenvalue weighted by Gasteiger charge is 2.40. The Kier molecular flexibility index (Phi) is 3.45. The predicted octanol–water partition coefficient (Wildman–Crippen LogP) is 2.50. The monoisotopic (exact) mass is 242 g/mol. The number of rotatable bonds is 2. The Balaban J connectivity index is 2.16. The van der Waals surface area contributed by atoms with Crippen molar-refractivity contribution in [2.75, 3.05) is 0 Å². The molecular weight excluding hydrogens is 226 g/mol. The first-order chi connectivity index (χ1) is 8.01. The summed E-state index contributed by atoms with van der Waals surface area (Å²) in [5.41, 5.74) is -0.999. The largest absolute Gasteiger partial charge is 0.387 e. The second-order valence-corrected chi connectivity index (χ2v) is 4.74. The standard InChI is InChI=1S/C13H16F2O2/c14-10-4-6-13(17,7-5-10)12(16)9-2-1-3-11(15)8-9/h1-3,8,10,12,16-17H,4-7H2. The van der Waals surface area contributed by atoms with Crippen molar-refractivity contribution in [2.45, 2.75) is 43.6 Å². The third kappa shape index (κ3) is 2.64. The molecule has 0 heterocycles. The zero-order valence-electron chi connectivity index (χ0n) is 9.44. The Hall–Kier alpha value is -1.00. The van der Waals surface area contributed by atoms with Gasteiger partial charge in [-0.25, -0.2) is 8.78 Å². The average Bonchev–Trinajstić information content (AvgIpc) is 2.32. The Morgan fingerprint density at radius 2 is 1.94 bits per heavy atom. The lowest BCUT2D eigenvalue weighted by Gasteiger charge is -2.37. The molecule has 0 aromatic heterocycles. The lowest BCUT2D eigenvalue weighted by molar-refractivity contribution is -0.108. The van der Waals surface area contributed by atoms with Crippen molar-refractivity contribution < 1.29 is 19.0 Å². The minimum Gasteiger partial charge on any atom is -0.387 e. The van der Waals surface area contributed by atoms with E-state index in [1.165, 1.54) is 18.2 Å². The van der Waals surface area contributed by atoms with Gasteiger partial charge in [0.25, 0.3) is 0 Å². The van der Waals surface area contributed by atoms with Gasteiger partial charge in [-0.3, -0.25) is 0 Å². The van der Waals surface area contributed by atoms with Crippen molar-refractivity contribution in [3.05, 3.63) is 35.6 Å². The molecule has 2 rings (SSSR count). The van der Waals surface area contributed by atoms with Gasteiger partial charge in [-0.15, -0.1) is 0 Å². The first-order valence-corrected chi connectivity index (χ1v) is 5.81. The van der Waals surface area contributed by atoms with E-state index < -0.39 is 23.7 Å². The van der Waals surface area contributed by atoms with Gasteiger partial charge in [0.2, 0.25) is 0 Å². The van der Waals surface area contributed by atoms with Gasteiger partial charge < -0.3 is 10.2 Å². The molecule has 0 radical (unpaired) electrons. The summed E-state index contributed by atoms with van der Waals surface area (Å²) in [6.45, 7) is 0. The molecule has 1 fully saturated rings. The van der Waals surface area contributed by atoms with E-state index in [0.29, 0.717) is 5.56 Å². The number of halogens is 2. The highest BCUT2D eigenvalue weighted by molar-refractivity contribution is 5.21. The average molecular weight is 242 g/mol.